The predicted octanol–water partition coefficient (Wildman–Crippen LogP) is 4.47. The van der Waals surface area contributed by atoms with Crippen molar-refractivity contribution >= 4 is 16.6 Å². The van der Waals surface area contributed by atoms with Crippen LogP contribution in [0.15, 0.2) is 30.3 Å². The van der Waals surface area contributed by atoms with Gasteiger partial charge in [0.15, 0.2) is 0 Å². The molecule has 176 valence electrons. The lowest BCUT2D eigenvalue weighted by molar-refractivity contribution is -0.140. The molecular formula is C24H26F3N3O3. The fourth-order valence-electron chi connectivity index (χ4n) is 4.82. The number of halogens is 3. The molecule has 1 aromatic heterocycles. The summed E-state index contributed by atoms with van der Waals surface area (Å²) in [5.41, 5.74) is 8.69. The Morgan fingerprint density at radius 3 is 2.73 bits per heavy atom. The van der Waals surface area contributed by atoms with Crippen LogP contribution in [-0.2, 0) is 17.3 Å². The number of anilines is 1. The summed E-state index contributed by atoms with van der Waals surface area (Å²) < 4.78 is 57.0. The maximum Gasteiger partial charge on any atom is 0.431 e. The molecule has 0 spiro atoms. The number of nitrogens with one attached hydrogen (secondary N) is 1. The molecule has 0 aliphatic carbocycles. The first-order chi connectivity index (χ1) is 15.7. The van der Waals surface area contributed by atoms with Crippen LogP contribution in [0.5, 0.6) is 11.5 Å². The van der Waals surface area contributed by atoms with E-state index in [4.69, 9.17) is 19.9 Å². The Morgan fingerprint density at radius 1 is 1.18 bits per heavy atom. The molecule has 0 unspecified atom stereocenters. The van der Waals surface area contributed by atoms with Crippen molar-refractivity contribution in [1.29, 1.82) is 0 Å². The topological polar surface area (TPSA) is 72.7 Å². The van der Waals surface area contributed by atoms with Gasteiger partial charge in [0.1, 0.15) is 23.8 Å². The highest BCUT2D eigenvalue weighted by atomic mass is 19.4. The monoisotopic (exact) mass is 461 g/mol. The van der Waals surface area contributed by atoms with Crippen molar-refractivity contribution < 1.29 is 27.4 Å². The van der Waals surface area contributed by atoms with E-state index >= 15 is 0 Å². The number of morpholine rings is 1. The molecule has 3 N–H and O–H groups in total. The van der Waals surface area contributed by atoms with E-state index in [0.717, 1.165) is 36.7 Å². The maximum atomic E-state index is 13.2. The lowest BCUT2D eigenvalue weighted by atomic mass is 9.90. The van der Waals surface area contributed by atoms with E-state index in [1.54, 1.807) is 19.2 Å². The van der Waals surface area contributed by atoms with E-state index in [0.29, 0.717) is 41.2 Å². The van der Waals surface area contributed by atoms with E-state index in [9.17, 15) is 13.2 Å². The molecule has 33 heavy (non-hydrogen) atoms. The van der Waals surface area contributed by atoms with Gasteiger partial charge in [-0.15, -0.1) is 0 Å². The van der Waals surface area contributed by atoms with Crippen molar-refractivity contribution in [2.45, 2.75) is 31.7 Å². The van der Waals surface area contributed by atoms with Gasteiger partial charge in [0.05, 0.1) is 19.8 Å². The molecule has 2 aliphatic heterocycles. The first-order valence-corrected chi connectivity index (χ1v) is 10.9. The van der Waals surface area contributed by atoms with E-state index < -0.39 is 11.9 Å². The van der Waals surface area contributed by atoms with Crippen molar-refractivity contribution in [1.82, 2.24) is 9.88 Å². The highest BCUT2D eigenvalue weighted by molar-refractivity contribution is 6.00. The zero-order valence-electron chi connectivity index (χ0n) is 18.5. The third-order valence-electron chi connectivity index (χ3n) is 6.52. The van der Waals surface area contributed by atoms with Crippen LogP contribution in [-0.4, -0.2) is 55.4 Å². The molecule has 9 heteroatoms. The van der Waals surface area contributed by atoms with Gasteiger partial charge < -0.3 is 24.9 Å². The summed E-state index contributed by atoms with van der Waals surface area (Å²) in [5, 5.41) is 0.340. The molecule has 0 saturated carbocycles. The highest BCUT2D eigenvalue weighted by Crippen LogP contribution is 2.43. The molecule has 2 aliphatic rings. The standard InChI is InChI=1S/C24H26F3N3O3/c1-13-11-30(5-6-32-13)14-7-18-17(8-15(31-2)9-21(18)33-12-14)16-3-4-20-19(23(16)28)10-22(29-20)24(25,26)27/h3-4,8-10,13-14,29H,5-7,11-12,28H2,1-2H3/t13-,14-/m1/s1. The van der Waals surface area contributed by atoms with Crippen LogP contribution in [0.2, 0.25) is 0 Å². The Morgan fingerprint density at radius 2 is 2.00 bits per heavy atom. The van der Waals surface area contributed by atoms with Crippen LogP contribution in [0.4, 0.5) is 18.9 Å². The number of H-pyrrole nitrogens is 1. The largest absolute Gasteiger partial charge is 0.497 e. The Hall–Kier alpha value is -2.91. The van der Waals surface area contributed by atoms with E-state index in [-0.39, 0.29) is 17.8 Å². The number of hydrogen-bond donors (Lipinski definition) is 2. The normalized spacial score (nSPS) is 21.6. The van der Waals surface area contributed by atoms with Crippen LogP contribution < -0.4 is 15.2 Å². The molecule has 1 fully saturated rings. The smallest absolute Gasteiger partial charge is 0.431 e. The van der Waals surface area contributed by atoms with Crippen molar-refractivity contribution in [2.75, 3.05) is 39.1 Å². The van der Waals surface area contributed by atoms with E-state index in [1.807, 2.05) is 12.1 Å². The van der Waals surface area contributed by atoms with Gasteiger partial charge in [0, 0.05) is 52.9 Å². The van der Waals surface area contributed by atoms with E-state index in [2.05, 4.69) is 16.8 Å². The second kappa shape index (κ2) is 8.14. The van der Waals surface area contributed by atoms with Crippen LogP contribution in [0.1, 0.15) is 18.2 Å². The number of aromatic amines is 1. The number of nitrogens with two attached hydrogens (primary N) is 1. The molecule has 3 heterocycles. The van der Waals surface area contributed by atoms with Gasteiger partial charge >= 0.3 is 6.18 Å². The Labute approximate surface area is 189 Å². The maximum absolute atomic E-state index is 13.2. The van der Waals surface area contributed by atoms with Gasteiger partial charge in [0.25, 0.3) is 0 Å². The fourth-order valence-corrected chi connectivity index (χ4v) is 4.82. The van der Waals surface area contributed by atoms with Gasteiger partial charge in [-0.1, -0.05) is 6.07 Å². The lowest BCUT2D eigenvalue weighted by Crippen LogP contribution is -2.51. The van der Waals surface area contributed by atoms with Gasteiger partial charge in [-0.25, -0.2) is 0 Å². The molecule has 0 amide bonds. The van der Waals surface area contributed by atoms with Crippen LogP contribution in [0.3, 0.4) is 0 Å². The first kappa shape index (κ1) is 21.9. The predicted molar refractivity (Wildman–Crippen MR) is 120 cm³/mol. The first-order valence-electron chi connectivity index (χ1n) is 10.9. The molecule has 3 aromatic rings. The van der Waals surface area contributed by atoms with Crippen LogP contribution >= 0.6 is 0 Å². The molecule has 6 nitrogen and oxygen atoms in total. The SMILES string of the molecule is COc1cc2c(c(-c3ccc4[nH]c(C(F)(F)F)cc4c3N)c1)C[C@@H](N1CCO[C@H](C)C1)CO2. The second-order valence-electron chi connectivity index (χ2n) is 8.67. The Bertz CT molecular complexity index is 1190. The summed E-state index contributed by atoms with van der Waals surface area (Å²) >= 11 is 0. The zero-order chi connectivity index (χ0) is 23.3. The van der Waals surface area contributed by atoms with E-state index in [1.165, 1.54) is 0 Å². The summed E-state index contributed by atoms with van der Waals surface area (Å²) in [6, 6.07) is 8.35. The summed E-state index contributed by atoms with van der Waals surface area (Å²) in [4.78, 5) is 4.80. The minimum Gasteiger partial charge on any atom is -0.497 e. The molecule has 0 bridgehead atoms. The number of ether oxygens (including phenoxy) is 3. The number of nitrogens with zero attached hydrogens (tertiary/aromatic N) is 1. The summed E-state index contributed by atoms with van der Waals surface area (Å²) in [6.45, 7) is 4.94. The van der Waals surface area contributed by atoms with Gasteiger partial charge in [-0.3, -0.25) is 4.90 Å². The van der Waals surface area contributed by atoms with Crippen LogP contribution in [0, 0.1) is 0 Å². The fraction of sp³-hybridized carbons (Fsp3) is 0.417. The number of aromatic nitrogens is 1. The average molecular weight is 461 g/mol. The van der Waals surface area contributed by atoms with Gasteiger partial charge in [-0.05, 0) is 37.1 Å². The lowest BCUT2D eigenvalue weighted by Gasteiger charge is -2.39. The Kier molecular flexibility index (Phi) is 5.41. The van der Waals surface area contributed by atoms with Crippen molar-refractivity contribution in [3.8, 4) is 22.6 Å². The molecule has 2 atom stereocenters. The van der Waals surface area contributed by atoms with Crippen LogP contribution in [0.25, 0.3) is 22.0 Å². The molecular weight excluding hydrogens is 435 g/mol. The van der Waals surface area contributed by atoms with Crippen molar-refractivity contribution in [3.63, 3.8) is 0 Å². The number of benzene rings is 2. The second-order valence-corrected chi connectivity index (χ2v) is 8.67. The molecule has 5 rings (SSSR count). The van der Waals surface area contributed by atoms with Crippen molar-refractivity contribution in [3.05, 3.63) is 41.6 Å². The summed E-state index contributed by atoms with van der Waals surface area (Å²) in [5.74, 6) is 1.32. The van der Waals surface area contributed by atoms with Gasteiger partial charge in [-0.2, -0.15) is 13.2 Å². The number of fused-ring (bicyclic) bond motifs is 2. The minimum atomic E-state index is -4.48. The number of nitrogen functional groups attached to an aromatic ring is 1. The summed E-state index contributed by atoms with van der Waals surface area (Å²) in [6.07, 6.45) is -3.58. The van der Waals surface area contributed by atoms with Crippen molar-refractivity contribution in [2.24, 2.45) is 0 Å². The molecule has 2 aromatic carbocycles. The molecule has 1 saturated heterocycles. The summed E-state index contributed by atoms with van der Waals surface area (Å²) in [7, 11) is 1.57. The third-order valence-corrected chi connectivity index (χ3v) is 6.52. The quantitative estimate of drug-likeness (QED) is 0.563. The number of hydrogen-bond acceptors (Lipinski definition) is 5. The highest BCUT2D eigenvalue weighted by Gasteiger charge is 2.34. The number of methoxy groups -OCH3 is 1. The third kappa shape index (κ3) is 4.00. The van der Waals surface area contributed by atoms with Gasteiger partial charge in [0.2, 0.25) is 0 Å². The zero-order valence-corrected chi connectivity index (χ0v) is 18.5. The number of rotatable bonds is 3. The average Bonchev–Trinajstić information content (AvgIpc) is 3.24. The number of alkyl halides is 3. The molecule has 0 radical (unpaired) electrons. The Balaban J connectivity index is 1.59. The minimum absolute atomic E-state index is 0.157.